The quantitative estimate of drug-likeness (QED) is 0.713. The maximum Gasteiger partial charge on any atom is 0.0865 e. The molecule has 3 rings (SSSR count). The van der Waals surface area contributed by atoms with Crippen LogP contribution in [0.25, 0.3) is 10.4 Å². The smallest absolute Gasteiger partial charge is 0.0865 e. The number of thiophene rings is 1. The van der Waals surface area contributed by atoms with Gasteiger partial charge in [-0.3, -0.25) is 0 Å². The fourth-order valence-corrected chi connectivity index (χ4v) is 4.15. The van der Waals surface area contributed by atoms with Crippen LogP contribution in [0, 0.1) is 0 Å². The van der Waals surface area contributed by atoms with Crippen molar-refractivity contribution in [3.05, 3.63) is 41.0 Å². The van der Waals surface area contributed by atoms with Gasteiger partial charge in [-0.1, -0.05) is 46.8 Å². The molecule has 1 aliphatic carbocycles. The molecule has 0 saturated heterocycles. The second kappa shape index (κ2) is 4.11. The molecule has 0 radical (unpaired) electrons. The molecule has 0 atom stereocenters. The van der Waals surface area contributed by atoms with E-state index in [1.165, 1.54) is 27.1 Å². The molecular weight excluding hydrogens is 262 g/mol. The van der Waals surface area contributed by atoms with Gasteiger partial charge in [0, 0.05) is 4.88 Å². The molecule has 0 saturated carbocycles. The molecule has 0 aliphatic heterocycles. The summed E-state index contributed by atoms with van der Waals surface area (Å²) >= 11 is 1.73. The van der Waals surface area contributed by atoms with Gasteiger partial charge in [-0.05, 0) is 51.6 Å². The maximum atomic E-state index is 6.05. The summed E-state index contributed by atoms with van der Waals surface area (Å²) in [7, 11) is 0. The normalized spacial score (nSPS) is 16.6. The fraction of sp³-hybridized carbons (Fsp3) is 0.444. The first-order valence-electron chi connectivity index (χ1n) is 7.22. The number of nitrogens with two attached hydrogens (primary N) is 1. The highest BCUT2D eigenvalue weighted by Gasteiger charge is 2.33. The predicted molar refractivity (Wildman–Crippen MR) is 89.6 cm³/mol. The molecule has 106 valence electrons. The van der Waals surface area contributed by atoms with Gasteiger partial charge in [-0.25, -0.2) is 0 Å². The van der Waals surface area contributed by atoms with Gasteiger partial charge in [0.25, 0.3) is 0 Å². The van der Waals surface area contributed by atoms with Crippen LogP contribution in [0.1, 0.15) is 51.3 Å². The van der Waals surface area contributed by atoms with Crippen LogP contribution >= 0.6 is 11.3 Å². The topological polar surface area (TPSA) is 26.0 Å². The molecule has 1 aromatic heterocycles. The zero-order chi connectivity index (χ0) is 14.7. The van der Waals surface area contributed by atoms with Crippen molar-refractivity contribution >= 4 is 16.3 Å². The lowest BCUT2D eigenvalue weighted by molar-refractivity contribution is 0.516. The van der Waals surface area contributed by atoms with E-state index in [-0.39, 0.29) is 10.8 Å². The van der Waals surface area contributed by atoms with Gasteiger partial charge in [0.15, 0.2) is 0 Å². The molecule has 1 nitrogen and oxygen atoms in total. The minimum Gasteiger partial charge on any atom is -0.391 e. The molecule has 0 spiro atoms. The highest BCUT2D eigenvalue weighted by Crippen LogP contribution is 2.48. The largest absolute Gasteiger partial charge is 0.391 e. The van der Waals surface area contributed by atoms with Crippen LogP contribution in [0.4, 0.5) is 5.00 Å². The van der Waals surface area contributed by atoms with E-state index in [4.69, 9.17) is 5.73 Å². The molecule has 0 amide bonds. The molecule has 2 heteroatoms. The van der Waals surface area contributed by atoms with Crippen molar-refractivity contribution in [3.63, 3.8) is 0 Å². The SMILES string of the molecule is CC(C)(C)c1ccc2c(c1)-c1sc(N)cc1CC2(C)C. The summed E-state index contributed by atoms with van der Waals surface area (Å²) in [6.45, 7) is 11.5. The third-order valence-electron chi connectivity index (χ3n) is 4.32. The van der Waals surface area contributed by atoms with Crippen molar-refractivity contribution < 1.29 is 0 Å². The third kappa shape index (κ3) is 2.07. The highest BCUT2D eigenvalue weighted by molar-refractivity contribution is 7.19. The predicted octanol–water partition coefficient (Wildman–Crippen LogP) is 5.13. The van der Waals surface area contributed by atoms with Crippen LogP contribution in [-0.2, 0) is 17.3 Å². The summed E-state index contributed by atoms with van der Waals surface area (Å²) in [5.41, 5.74) is 12.1. The number of hydrogen-bond acceptors (Lipinski definition) is 2. The standard InChI is InChI=1S/C18H23NS/c1-17(2,3)12-6-7-14-13(9-12)16-11(8-15(19)20-16)10-18(14,4)5/h6-9H,10,19H2,1-5H3. The molecule has 0 bridgehead atoms. The Bertz CT molecular complexity index is 671. The summed E-state index contributed by atoms with van der Waals surface area (Å²) in [6.07, 6.45) is 1.08. The molecular formula is C18H23NS. The zero-order valence-corrected chi connectivity index (χ0v) is 13.8. The molecule has 1 aromatic carbocycles. The summed E-state index contributed by atoms with van der Waals surface area (Å²) in [5, 5.41) is 0.930. The van der Waals surface area contributed by atoms with E-state index in [9.17, 15) is 0 Å². The number of anilines is 1. The first-order valence-corrected chi connectivity index (χ1v) is 8.04. The number of rotatable bonds is 0. The number of benzene rings is 1. The van der Waals surface area contributed by atoms with Crippen molar-refractivity contribution in [1.29, 1.82) is 0 Å². The Morgan fingerprint density at radius 2 is 1.85 bits per heavy atom. The fourth-order valence-electron chi connectivity index (χ4n) is 3.17. The molecule has 2 N–H and O–H groups in total. The van der Waals surface area contributed by atoms with Gasteiger partial charge in [-0.15, -0.1) is 11.3 Å². The van der Waals surface area contributed by atoms with Gasteiger partial charge in [0.05, 0.1) is 5.00 Å². The molecule has 0 unspecified atom stereocenters. The lowest BCUT2D eigenvalue weighted by Crippen LogP contribution is -2.25. The zero-order valence-electron chi connectivity index (χ0n) is 13.0. The molecule has 1 aliphatic rings. The highest BCUT2D eigenvalue weighted by atomic mass is 32.1. The van der Waals surface area contributed by atoms with Crippen molar-refractivity contribution in [2.45, 2.75) is 51.9 Å². The summed E-state index contributed by atoms with van der Waals surface area (Å²) in [4.78, 5) is 1.38. The van der Waals surface area contributed by atoms with Crippen LogP contribution in [0.15, 0.2) is 24.3 Å². The van der Waals surface area contributed by atoms with E-state index in [1.54, 1.807) is 11.3 Å². The van der Waals surface area contributed by atoms with Crippen LogP contribution in [0.3, 0.4) is 0 Å². The Morgan fingerprint density at radius 1 is 1.15 bits per heavy atom. The van der Waals surface area contributed by atoms with E-state index in [1.807, 2.05) is 0 Å². The summed E-state index contributed by atoms with van der Waals surface area (Å²) in [5.74, 6) is 0. The lowest BCUT2D eigenvalue weighted by Gasteiger charge is -2.34. The first kappa shape index (κ1) is 13.7. The van der Waals surface area contributed by atoms with Gasteiger partial charge in [0.2, 0.25) is 0 Å². The Morgan fingerprint density at radius 3 is 2.50 bits per heavy atom. The van der Waals surface area contributed by atoms with Gasteiger partial charge >= 0.3 is 0 Å². The van der Waals surface area contributed by atoms with Crippen LogP contribution in [0.5, 0.6) is 0 Å². The molecule has 0 fully saturated rings. The van der Waals surface area contributed by atoms with Crippen molar-refractivity contribution in [2.75, 3.05) is 5.73 Å². The molecule has 20 heavy (non-hydrogen) atoms. The van der Waals surface area contributed by atoms with Crippen molar-refractivity contribution in [2.24, 2.45) is 0 Å². The van der Waals surface area contributed by atoms with Crippen LogP contribution in [0.2, 0.25) is 0 Å². The van der Waals surface area contributed by atoms with Crippen LogP contribution < -0.4 is 5.73 Å². The Labute approximate surface area is 125 Å². The van der Waals surface area contributed by atoms with Crippen LogP contribution in [-0.4, -0.2) is 0 Å². The monoisotopic (exact) mass is 285 g/mol. The second-order valence-corrected chi connectivity index (χ2v) is 8.66. The summed E-state index contributed by atoms with van der Waals surface area (Å²) in [6, 6.07) is 9.16. The number of hydrogen-bond donors (Lipinski definition) is 1. The lowest BCUT2D eigenvalue weighted by atomic mass is 9.71. The van der Waals surface area contributed by atoms with Crippen molar-refractivity contribution in [3.8, 4) is 10.4 Å². The first-order chi connectivity index (χ1) is 9.18. The van der Waals surface area contributed by atoms with Crippen molar-refractivity contribution in [1.82, 2.24) is 0 Å². The number of fused-ring (bicyclic) bond motifs is 3. The van der Waals surface area contributed by atoms with E-state index in [2.05, 4.69) is 58.9 Å². The van der Waals surface area contributed by atoms with E-state index in [0.29, 0.717) is 0 Å². The Hall–Kier alpha value is -1.28. The summed E-state index contributed by atoms with van der Waals surface area (Å²) < 4.78 is 0. The molecule has 1 heterocycles. The Balaban J connectivity index is 2.27. The van der Waals surface area contributed by atoms with Gasteiger partial charge in [-0.2, -0.15) is 0 Å². The maximum absolute atomic E-state index is 6.05. The minimum absolute atomic E-state index is 0.180. The second-order valence-electron chi connectivity index (χ2n) is 7.57. The van der Waals surface area contributed by atoms with E-state index >= 15 is 0 Å². The molecule has 2 aromatic rings. The van der Waals surface area contributed by atoms with Gasteiger partial charge in [0.1, 0.15) is 0 Å². The van der Waals surface area contributed by atoms with E-state index in [0.717, 1.165) is 11.4 Å². The number of nitrogen functional groups attached to an aromatic ring is 1. The minimum atomic E-state index is 0.180. The van der Waals surface area contributed by atoms with Gasteiger partial charge < -0.3 is 5.73 Å². The third-order valence-corrected chi connectivity index (χ3v) is 5.36. The Kier molecular flexibility index (Phi) is 2.81. The average molecular weight is 285 g/mol. The van der Waals surface area contributed by atoms with E-state index < -0.39 is 0 Å². The average Bonchev–Trinajstić information content (AvgIpc) is 2.67.